The van der Waals surface area contributed by atoms with E-state index in [1.54, 1.807) is 24.3 Å². The summed E-state index contributed by atoms with van der Waals surface area (Å²) in [5, 5.41) is 0. The van der Waals surface area contributed by atoms with Gasteiger partial charge in [-0.2, -0.15) is 0 Å². The van der Waals surface area contributed by atoms with Crippen LogP contribution in [0.5, 0.6) is 5.75 Å². The molecule has 0 heterocycles. The molecule has 0 radical (unpaired) electrons. The van der Waals surface area contributed by atoms with Crippen LogP contribution in [0.15, 0.2) is 24.3 Å². The molecule has 1 atom stereocenters. The first kappa shape index (κ1) is 14.2. The molecule has 4 heteroatoms. The number of esters is 1. The number of hydrogen-bond acceptors (Lipinski definition) is 4. The number of aldehydes is 1. The lowest BCUT2D eigenvalue weighted by Crippen LogP contribution is -2.30. The summed E-state index contributed by atoms with van der Waals surface area (Å²) in [5.41, 5.74) is 0.515. The lowest BCUT2D eigenvalue weighted by atomic mass is 10.1. The zero-order valence-corrected chi connectivity index (χ0v) is 10.9. The van der Waals surface area contributed by atoms with Gasteiger partial charge in [0.25, 0.3) is 0 Å². The fraction of sp³-hybridized carbons (Fsp3) is 0.429. The molecule has 0 unspecified atom stereocenters. The number of hydrogen-bond donors (Lipinski definition) is 0. The monoisotopic (exact) mass is 250 g/mol. The van der Waals surface area contributed by atoms with Gasteiger partial charge in [0.05, 0.1) is 7.11 Å². The van der Waals surface area contributed by atoms with Crippen LogP contribution in [0.2, 0.25) is 0 Å². The maximum Gasteiger partial charge on any atom is 0.347 e. The average Bonchev–Trinajstić information content (AvgIpc) is 2.36. The van der Waals surface area contributed by atoms with Gasteiger partial charge in [0, 0.05) is 5.56 Å². The number of ether oxygens (including phenoxy) is 2. The molecule has 18 heavy (non-hydrogen) atoms. The van der Waals surface area contributed by atoms with Crippen molar-refractivity contribution in [3.05, 3.63) is 29.8 Å². The maximum absolute atomic E-state index is 11.6. The minimum atomic E-state index is -0.642. The highest BCUT2D eigenvalue weighted by Gasteiger charge is 2.22. The van der Waals surface area contributed by atoms with Gasteiger partial charge in [0.2, 0.25) is 0 Å². The van der Waals surface area contributed by atoms with E-state index in [9.17, 15) is 9.59 Å². The van der Waals surface area contributed by atoms with E-state index in [1.165, 1.54) is 7.11 Å². The van der Waals surface area contributed by atoms with Crippen LogP contribution < -0.4 is 4.74 Å². The van der Waals surface area contributed by atoms with Gasteiger partial charge < -0.3 is 9.47 Å². The minimum Gasteiger partial charge on any atom is -0.479 e. The van der Waals surface area contributed by atoms with Crippen LogP contribution in [0.25, 0.3) is 0 Å². The summed E-state index contributed by atoms with van der Waals surface area (Å²) >= 11 is 0. The fourth-order valence-corrected chi connectivity index (χ4v) is 1.58. The zero-order chi connectivity index (χ0) is 13.5. The highest BCUT2D eigenvalue weighted by atomic mass is 16.6. The van der Waals surface area contributed by atoms with Gasteiger partial charge in [-0.15, -0.1) is 0 Å². The lowest BCUT2D eigenvalue weighted by Gasteiger charge is -2.18. The standard InChI is InChI=1S/C14H18O4/c1-10(2)7-13(14(16)17-3)18-12-6-4-5-11(8-12)9-15/h4-6,8-10,13H,7H2,1-3H3/t13-/m1/s1. The van der Waals surface area contributed by atoms with Gasteiger partial charge in [0.1, 0.15) is 12.0 Å². The largest absolute Gasteiger partial charge is 0.479 e. The Morgan fingerprint density at radius 2 is 2.11 bits per heavy atom. The first-order valence-corrected chi connectivity index (χ1v) is 5.86. The summed E-state index contributed by atoms with van der Waals surface area (Å²) in [6.07, 6.45) is 0.664. The first-order valence-electron chi connectivity index (χ1n) is 5.86. The predicted octanol–water partition coefficient (Wildman–Crippen LogP) is 2.47. The Hall–Kier alpha value is -1.84. The Labute approximate surface area is 107 Å². The maximum atomic E-state index is 11.6. The van der Waals surface area contributed by atoms with Crippen molar-refractivity contribution in [1.29, 1.82) is 0 Å². The number of rotatable bonds is 6. The van der Waals surface area contributed by atoms with Crippen LogP contribution in [0.1, 0.15) is 30.6 Å². The second-order valence-corrected chi connectivity index (χ2v) is 4.45. The Balaban J connectivity index is 2.81. The summed E-state index contributed by atoms with van der Waals surface area (Å²) in [5.74, 6) is 0.402. The van der Waals surface area contributed by atoms with E-state index >= 15 is 0 Å². The van der Waals surface area contributed by atoms with Gasteiger partial charge in [0.15, 0.2) is 6.10 Å². The Kier molecular flexibility index (Phi) is 5.36. The quantitative estimate of drug-likeness (QED) is 0.575. The van der Waals surface area contributed by atoms with E-state index in [2.05, 4.69) is 0 Å². The van der Waals surface area contributed by atoms with Crippen molar-refractivity contribution in [1.82, 2.24) is 0 Å². The molecule has 0 spiro atoms. The van der Waals surface area contributed by atoms with Crippen molar-refractivity contribution in [2.45, 2.75) is 26.4 Å². The molecule has 0 aromatic heterocycles. The molecule has 4 nitrogen and oxygen atoms in total. The van der Waals surface area contributed by atoms with Crippen LogP contribution in [0.4, 0.5) is 0 Å². The SMILES string of the molecule is COC(=O)[C@@H](CC(C)C)Oc1cccc(C=O)c1. The highest BCUT2D eigenvalue weighted by molar-refractivity contribution is 5.76. The van der Waals surface area contributed by atoms with Crippen LogP contribution in [0.3, 0.4) is 0 Å². The van der Waals surface area contributed by atoms with Crippen molar-refractivity contribution in [2.24, 2.45) is 5.92 Å². The Bertz CT molecular complexity index is 412. The molecule has 98 valence electrons. The summed E-state index contributed by atoms with van der Waals surface area (Å²) in [7, 11) is 1.33. The molecule has 1 aromatic rings. The molecular weight excluding hydrogens is 232 g/mol. The van der Waals surface area contributed by atoms with Gasteiger partial charge >= 0.3 is 5.97 Å². The second kappa shape index (κ2) is 6.79. The van der Waals surface area contributed by atoms with Crippen molar-refractivity contribution < 1.29 is 19.1 Å². The molecule has 0 amide bonds. The Morgan fingerprint density at radius 3 is 2.67 bits per heavy atom. The lowest BCUT2D eigenvalue weighted by molar-refractivity contribution is -0.149. The average molecular weight is 250 g/mol. The van der Waals surface area contributed by atoms with Crippen molar-refractivity contribution in [3.63, 3.8) is 0 Å². The summed E-state index contributed by atoms with van der Waals surface area (Å²) in [6.45, 7) is 4.00. The third-order valence-electron chi connectivity index (χ3n) is 2.42. The topological polar surface area (TPSA) is 52.6 Å². The van der Waals surface area contributed by atoms with Gasteiger partial charge in [-0.05, 0) is 24.5 Å². The van der Waals surface area contributed by atoms with E-state index in [0.717, 1.165) is 6.29 Å². The molecule has 0 saturated carbocycles. The van der Waals surface area contributed by atoms with Crippen LogP contribution >= 0.6 is 0 Å². The van der Waals surface area contributed by atoms with Gasteiger partial charge in [-0.25, -0.2) is 4.79 Å². The third kappa shape index (κ3) is 4.20. The minimum absolute atomic E-state index is 0.309. The van der Waals surface area contributed by atoms with Crippen LogP contribution in [0, 0.1) is 5.92 Å². The molecule has 1 aromatic carbocycles. The number of carbonyl (C=O) groups excluding carboxylic acids is 2. The molecule has 0 aliphatic carbocycles. The smallest absolute Gasteiger partial charge is 0.347 e. The van der Waals surface area contributed by atoms with Gasteiger partial charge in [-0.1, -0.05) is 26.0 Å². The first-order chi connectivity index (χ1) is 8.56. The van der Waals surface area contributed by atoms with Crippen LogP contribution in [-0.2, 0) is 9.53 Å². The summed E-state index contributed by atoms with van der Waals surface area (Å²) < 4.78 is 10.3. The molecule has 0 saturated heterocycles. The molecule has 0 bridgehead atoms. The molecule has 0 aliphatic rings. The zero-order valence-electron chi connectivity index (χ0n) is 10.9. The predicted molar refractivity (Wildman–Crippen MR) is 67.7 cm³/mol. The van der Waals surface area contributed by atoms with Crippen LogP contribution in [-0.4, -0.2) is 25.5 Å². The molecule has 0 fully saturated rings. The number of methoxy groups -OCH3 is 1. The molecule has 1 rings (SSSR count). The number of carbonyl (C=O) groups is 2. The molecule has 0 N–H and O–H groups in total. The summed E-state index contributed by atoms with van der Waals surface area (Å²) in [4.78, 5) is 22.3. The van der Waals surface area contributed by atoms with E-state index < -0.39 is 12.1 Å². The molecular formula is C14H18O4. The van der Waals surface area contributed by atoms with Crippen molar-refractivity contribution in [2.75, 3.05) is 7.11 Å². The fourth-order valence-electron chi connectivity index (χ4n) is 1.58. The van der Waals surface area contributed by atoms with E-state index in [-0.39, 0.29) is 0 Å². The van der Waals surface area contributed by atoms with Gasteiger partial charge in [-0.3, -0.25) is 4.79 Å². The van der Waals surface area contributed by atoms with Crippen molar-refractivity contribution in [3.8, 4) is 5.75 Å². The van der Waals surface area contributed by atoms with E-state index in [1.807, 2.05) is 13.8 Å². The Morgan fingerprint density at radius 1 is 1.39 bits per heavy atom. The number of benzene rings is 1. The second-order valence-electron chi connectivity index (χ2n) is 4.45. The normalized spacial score (nSPS) is 12.0. The third-order valence-corrected chi connectivity index (χ3v) is 2.42. The molecule has 0 aliphatic heterocycles. The van der Waals surface area contributed by atoms with E-state index in [0.29, 0.717) is 23.7 Å². The summed E-state index contributed by atoms with van der Waals surface area (Å²) in [6, 6.07) is 6.70. The van der Waals surface area contributed by atoms with E-state index in [4.69, 9.17) is 9.47 Å². The van der Waals surface area contributed by atoms with Crippen molar-refractivity contribution >= 4 is 12.3 Å². The highest BCUT2D eigenvalue weighted by Crippen LogP contribution is 2.18.